The van der Waals surface area contributed by atoms with E-state index in [9.17, 15) is 40.2 Å². The number of ketones is 2. The van der Waals surface area contributed by atoms with Gasteiger partial charge >= 0.3 is 0 Å². The molecule has 2 aliphatic carbocycles. The number of aliphatic hydroxyl groups excluding tert-OH is 2. The molecule has 5 rings (SSSR count). The van der Waals surface area contributed by atoms with Crippen molar-refractivity contribution in [3.8, 4) is 17.2 Å². The number of rotatable bonds is 4. The van der Waals surface area contributed by atoms with Crippen LogP contribution in [0, 0.1) is 0 Å². The minimum absolute atomic E-state index is 0. The Morgan fingerprint density at radius 3 is 2.27 bits per heavy atom. The molecule has 2 aromatic rings. The number of fused-ring (bicyclic) bond motifs is 3. The van der Waals surface area contributed by atoms with Gasteiger partial charge in [-0.15, -0.1) is 12.4 Å². The third-order valence-corrected chi connectivity index (χ3v) is 8.40. The fourth-order valence-corrected chi connectivity index (χ4v) is 6.10. The van der Waals surface area contributed by atoms with Crippen LogP contribution in [0.25, 0.3) is 0 Å². The predicted molar refractivity (Wildman–Crippen MR) is 143 cm³/mol. The van der Waals surface area contributed by atoms with E-state index in [1.165, 1.54) is 18.2 Å². The summed E-state index contributed by atoms with van der Waals surface area (Å²) in [6, 6.07) is 3.59. The van der Waals surface area contributed by atoms with Gasteiger partial charge in [0, 0.05) is 35.6 Å². The average Bonchev–Trinajstić information content (AvgIpc) is 2.88. The highest BCUT2D eigenvalue weighted by Gasteiger charge is 2.51. The van der Waals surface area contributed by atoms with Crippen LogP contribution in [0.1, 0.15) is 88.3 Å². The molecule has 0 spiro atoms. The maximum Gasteiger partial charge on any atom is 0.202 e. The summed E-state index contributed by atoms with van der Waals surface area (Å²) in [4.78, 5) is 28.7. The predicted octanol–water partition coefficient (Wildman–Crippen LogP) is 2.06. The normalized spacial score (nSPS) is 31.3. The number of phenolic OH excluding ortho intramolecular Hbond substituents is 3. The molecule has 0 bridgehead atoms. The van der Waals surface area contributed by atoms with Crippen LogP contribution in [0.2, 0.25) is 0 Å². The van der Waals surface area contributed by atoms with Crippen molar-refractivity contribution in [1.29, 1.82) is 0 Å². The SMILES string of the molecule is CC[C@@]1(O)C[C@H](O[C@H]2C[C@H](N(C)C)[C@H](O)[C@H](C)O2)c2c(O)c3c(c(O)c2[C@H]1O)C(=O)c1cccc(O)c1C3=O.Cl. The zero-order valence-corrected chi connectivity index (χ0v) is 23.3. The first-order chi connectivity index (χ1) is 18.3. The number of carbonyl (C=O) groups excluding carboxylic acids is 2. The average molecular weight is 580 g/mol. The van der Waals surface area contributed by atoms with Crippen LogP contribution in [0.3, 0.4) is 0 Å². The van der Waals surface area contributed by atoms with E-state index < -0.39 is 76.2 Å². The number of aliphatic hydroxyl groups is 3. The van der Waals surface area contributed by atoms with Gasteiger partial charge in [-0.25, -0.2) is 0 Å². The number of hydrogen-bond acceptors (Lipinski definition) is 11. The van der Waals surface area contributed by atoms with Gasteiger partial charge in [0.15, 0.2) is 12.1 Å². The molecule has 0 aromatic heterocycles. The molecule has 1 saturated heterocycles. The summed E-state index contributed by atoms with van der Waals surface area (Å²) in [6.07, 6.45) is -5.17. The van der Waals surface area contributed by atoms with Crippen LogP contribution in [0.5, 0.6) is 17.2 Å². The number of aromatic hydroxyl groups is 3. The van der Waals surface area contributed by atoms with Crippen LogP contribution < -0.4 is 0 Å². The van der Waals surface area contributed by atoms with Gasteiger partial charge in [0.05, 0.1) is 40.6 Å². The highest BCUT2D eigenvalue weighted by Crippen LogP contribution is 2.56. The highest BCUT2D eigenvalue weighted by atomic mass is 35.5. The Bertz CT molecular complexity index is 1360. The molecule has 11 nitrogen and oxygen atoms in total. The molecule has 0 amide bonds. The molecular formula is C28H34ClNO10. The maximum atomic E-state index is 13.5. The number of benzene rings is 2. The van der Waals surface area contributed by atoms with Crippen LogP contribution in [-0.4, -0.2) is 91.3 Å². The van der Waals surface area contributed by atoms with E-state index in [0.717, 1.165) is 0 Å². The van der Waals surface area contributed by atoms with Crippen molar-refractivity contribution in [2.45, 2.75) is 75.5 Å². The number of likely N-dealkylation sites (N-methyl/N-ethyl adjacent to an activating group) is 1. The van der Waals surface area contributed by atoms with Gasteiger partial charge < -0.3 is 45.0 Å². The van der Waals surface area contributed by atoms with E-state index in [2.05, 4.69) is 0 Å². The standard InChI is InChI=1S/C28H33NO10.ClH/c1-5-28(37)10-15(39-16-9-13(29(3)4)22(31)11(2)38-16)18-21(27(28)36)26(35)19-20(25(18)34)24(33)17-12(23(19)32)7-6-8-14(17)30;/h6-8,11,13,15-16,22,27,30-31,34-37H,5,9-10H2,1-4H3;1H/t11-,13-,15-,16-,22+,27+,28+;/m0./s1. The first-order valence-electron chi connectivity index (χ1n) is 12.9. The monoisotopic (exact) mass is 579 g/mol. The minimum atomic E-state index is -1.81. The van der Waals surface area contributed by atoms with Crippen molar-refractivity contribution in [3.05, 3.63) is 51.6 Å². The molecule has 0 unspecified atom stereocenters. The van der Waals surface area contributed by atoms with Crippen LogP contribution in [-0.2, 0) is 9.47 Å². The Morgan fingerprint density at radius 1 is 1.02 bits per heavy atom. The van der Waals surface area contributed by atoms with Crippen molar-refractivity contribution >= 4 is 24.0 Å². The first-order valence-corrected chi connectivity index (χ1v) is 12.9. The Balaban J connectivity index is 0.00000370. The van der Waals surface area contributed by atoms with Gasteiger partial charge in [0.25, 0.3) is 0 Å². The molecule has 0 saturated carbocycles. The largest absolute Gasteiger partial charge is 0.507 e. The van der Waals surface area contributed by atoms with E-state index in [0.29, 0.717) is 0 Å². The number of carbonyl (C=O) groups is 2. The van der Waals surface area contributed by atoms with E-state index in [1.54, 1.807) is 27.9 Å². The lowest BCUT2D eigenvalue weighted by Crippen LogP contribution is -2.54. The summed E-state index contributed by atoms with van der Waals surface area (Å²) in [5.74, 6) is -3.61. The zero-order chi connectivity index (χ0) is 28.5. The number of phenols is 3. The Labute approximate surface area is 237 Å². The van der Waals surface area contributed by atoms with Crippen molar-refractivity contribution in [2.75, 3.05) is 14.1 Å². The number of halogens is 1. The van der Waals surface area contributed by atoms with E-state index in [1.807, 2.05) is 4.90 Å². The molecule has 0 radical (unpaired) electrons. The molecule has 7 atom stereocenters. The van der Waals surface area contributed by atoms with Crippen LogP contribution in [0.4, 0.5) is 0 Å². The van der Waals surface area contributed by atoms with Crippen LogP contribution in [0.15, 0.2) is 18.2 Å². The lowest BCUT2D eigenvalue weighted by Gasteiger charge is -2.45. The first kappa shape index (κ1) is 30.2. The summed E-state index contributed by atoms with van der Waals surface area (Å²) < 4.78 is 12.1. The molecule has 1 fully saturated rings. The lowest BCUT2D eigenvalue weighted by atomic mass is 9.70. The van der Waals surface area contributed by atoms with Crippen molar-refractivity contribution in [1.82, 2.24) is 4.90 Å². The van der Waals surface area contributed by atoms with Crippen molar-refractivity contribution in [3.63, 3.8) is 0 Å². The lowest BCUT2D eigenvalue weighted by molar-refractivity contribution is -0.261. The van der Waals surface area contributed by atoms with E-state index >= 15 is 0 Å². The van der Waals surface area contributed by atoms with Gasteiger partial charge in [-0.05, 0) is 33.5 Å². The summed E-state index contributed by atoms with van der Waals surface area (Å²) in [5.41, 5.74) is -3.79. The molecule has 12 heteroatoms. The highest BCUT2D eigenvalue weighted by molar-refractivity contribution is 6.31. The van der Waals surface area contributed by atoms with Crippen molar-refractivity contribution in [2.24, 2.45) is 0 Å². The summed E-state index contributed by atoms with van der Waals surface area (Å²) in [6.45, 7) is 3.32. The fourth-order valence-electron chi connectivity index (χ4n) is 6.10. The number of ether oxygens (including phenoxy) is 2. The number of nitrogens with zero attached hydrogens (tertiary/aromatic N) is 1. The third-order valence-electron chi connectivity index (χ3n) is 8.40. The van der Waals surface area contributed by atoms with Gasteiger partial charge in [-0.1, -0.05) is 19.1 Å². The Morgan fingerprint density at radius 2 is 1.65 bits per heavy atom. The Hall–Kier alpha value is -2.77. The van der Waals surface area contributed by atoms with Gasteiger partial charge in [0.1, 0.15) is 23.4 Å². The molecule has 218 valence electrons. The second-order valence-corrected chi connectivity index (χ2v) is 10.8. The zero-order valence-electron chi connectivity index (χ0n) is 22.5. The molecule has 40 heavy (non-hydrogen) atoms. The van der Waals surface area contributed by atoms with E-state index in [4.69, 9.17) is 9.47 Å². The van der Waals surface area contributed by atoms with Gasteiger partial charge in [-0.3, -0.25) is 9.59 Å². The molecule has 6 N–H and O–H groups in total. The maximum absolute atomic E-state index is 13.5. The molecular weight excluding hydrogens is 546 g/mol. The molecule has 1 aliphatic heterocycles. The topological polar surface area (TPSA) is 177 Å². The summed E-state index contributed by atoms with van der Waals surface area (Å²) in [5, 5.41) is 66.3. The quantitative estimate of drug-likeness (QED) is 0.249. The third kappa shape index (κ3) is 4.37. The van der Waals surface area contributed by atoms with Crippen LogP contribution >= 0.6 is 12.4 Å². The summed E-state index contributed by atoms with van der Waals surface area (Å²) in [7, 11) is 3.61. The van der Waals surface area contributed by atoms with Gasteiger partial charge in [0.2, 0.25) is 5.78 Å². The second-order valence-electron chi connectivity index (χ2n) is 10.8. The van der Waals surface area contributed by atoms with Crippen molar-refractivity contribution < 1.29 is 49.7 Å². The second kappa shape index (κ2) is 10.6. The minimum Gasteiger partial charge on any atom is -0.507 e. The van der Waals surface area contributed by atoms with E-state index in [-0.39, 0.29) is 60.0 Å². The molecule has 1 heterocycles. The number of hydrogen-bond donors (Lipinski definition) is 6. The molecule has 2 aromatic carbocycles. The smallest absolute Gasteiger partial charge is 0.202 e. The molecule has 3 aliphatic rings. The Kier molecular flexibility index (Phi) is 7.98. The fraction of sp³-hybridized carbons (Fsp3) is 0.500. The van der Waals surface area contributed by atoms with Gasteiger partial charge in [-0.2, -0.15) is 0 Å². The summed E-state index contributed by atoms with van der Waals surface area (Å²) >= 11 is 0.